The SMILES string of the molecule is CCCc1nn(C)c2c(=S)nc(-c3cc(S(=O)(=O)N4CCOCC4)ccc3OCC(C)C)[nH]c12. The lowest BCUT2D eigenvalue weighted by molar-refractivity contribution is 0.0730. The summed E-state index contributed by atoms with van der Waals surface area (Å²) >= 11 is 5.61. The molecule has 0 amide bonds. The van der Waals surface area contributed by atoms with Gasteiger partial charge >= 0.3 is 0 Å². The predicted molar refractivity (Wildman–Crippen MR) is 133 cm³/mol. The van der Waals surface area contributed by atoms with Gasteiger partial charge in [0, 0.05) is 20.1 Å². The molecule has 9 nitrogen and oxygen atoms in total. The molecule has 11 heteroatoms. The highest BCUT2D eigenvalue weighted by Gasteiger charge is 2.28. The Morgan fingerprint density at radius 3 is 2.68 bits per heavy atom. The van der Waals surface area contributed by atoms with Gasteiger partial charge in [-0.25, -0.2) is 13.4 Å². The van der Waals surface area contributed by atoms with Crippen LogP contribution < -0.4 is 4.74 Å². The summed E-state index contributed by atoms with van der Waals surface area (Å²) in [5, 5.41) is 4.61. The van der Waals surface area contributed by atoms with Crippen LogP contribution >= 0.6 is 12.2 Å². The third kappa shape index (κ3) is 4.88. The normalized spacial score (nSPS) is 15.3. The van der Waals surface area contributed by atoms with Gasteiger partial charge in [-0.2, -0.15) is 9.40 Å². The van der Waals surface area contributed by atoms with Gasteiger partial charge in [-0.05, 0) is 30.5 Å². The van der Waals surface area contributed by atoms with E-state index in [-0.39, 0.29) is 4.90 Å². The van der Waals surface area contributed by atoms with E-state index in [1.54, 1.807) is 22.9 Å². The molecule has 1 aliphatic heterocycles. The van der Waals surface area contributed by atoms with Crippen LogP contribution in [0.25, 0.3) is 22.4 Å². The van der Waals surface area contributed by atoms with Crippen LogP contribution in [0, 0.1) is 10.6 Å². The molecule has 0 radical (unpaired) electrons. The Balaban J connectivity index is 1.87. The van der Waals surface area contributed by atoms with Gasteiger partial charge in [0.05, 0.1) is 41.5 Å². The number of fused-ring (bicyclic) bond motifs is 1. The van der Waals surface area contributed by atoms with Crippen molar-refractivity contribution < 1.29 is 17.9 Å². The fraction of sp³-hybridized carbons (Fsp3) is 0.522. The van der Waals surface area contributed by atoms with Crippen molar-refractivity contribution in [1.82, 2.24) is 24.1 Å². The predicted octanol–water partition coefficient (Wildman–Crippen LogP) is 3.70. The molecule has 2 aromatic heterocycles. The van der Waals surface area contributed by atoms with Crippen molar-refractivity contribution in [2.75, 3.05) is 32.9 Å². The maximum atomic E-state index is 13.3. The number of hydrogen-bond donors (Lipinski definition) is 1. The molecule has 1 N–H and O–H groups in total. The van der Waals surface area contributed by atoms with Gasteiger partial charge < -0.3 is 14.5 Å². The number of sulfonamides is 1. The molecule has 0 aliphatic carbocycles. The van der Waals surface area contributed by atoms with Crippen molar-refractivity contribution in [3.63, 3.8) is 0 Å². The number of ether oxygens (including phenoxy) is 2. The van der Waals surface area contributed by atoms with E-state index in [0.717, 1.165) is 29.6 Å². The van der Waals surface area contributed by atoms with Crippen LogP contribution in [0.15, 0.2) is 23.1 Å². The van der Waals surface area contributed by atoms with Gasteiger partial charge in [-0.15, -0.1) is 0 Å². The number of hydrogen-bond acceptors (Lipinski definition) is 7. The summed E-state index contributed by atoms with van der Waals surface area (Å²) in [6.07, 6.45) is 1.72. The third-order valence-electron chi connectivity index (χ3n) is 5.65. The summed E-state index contributed by atoms with van der Waals surface area (Å²) < 4.78 is 41.6. The molecule has 0 spiro atoms. The van der Waals surface area contributed by atoms with Crippen molar-refractivity contribution >= 4 is 33.3 Å². The quantitative estimate of drug-likeness (QED) is 0.466. The van der Waals surface area contributed by atoms with Crippen LogP contribution in [-0.4, -0.2) is 65.4 Å². The minimum absolute atomic E-state index is 0.183. The zero-order valence-corrected chi connectivity index (χ0v) is 21.6. The van der Waals surface area contributed by atoms with E-state index in [9.17, 15) is 8.42 Å². The molecule has 3 aromatic rings. The molecule has 1 fully saturated rings. The molecule has 0 saturated carbocycles. The number of benzene rings is 1. The Morgan fingerprint density at radius 1 is 1.26 bits per heavy atom. The number of aryl methyl sites for hydroxylation is 2. The molecule has 3 heterocycles. The molecular weight excluding hydrogens is 474 g/mol. The number of rotatable bonds is 8. The molecule has 0 unspecified atom stereocenters. The minimum Gasteiger partial charge on any atom is -0.493 e. The first kappa shape index (κ1) is 24.8. The van der Waals surface area contributed by atoms with Crippen molar-refractivity contribution in [2.24, 2.45) is 13.0 Å². The molecular formula is C23H31N5O4S2. The first-order valence-corrected chi connectivity index (χ1v) is 13.4. The molecule has 0 atom stereocenters. The smallest absolute Gasteiger partial charge is 0.243 e. The fourth-order valence-electron chi connectivity index (χ4n) is 3.97. The number of H-pyrrole nitrogens is 1. The first-order chi connectivity index (χ1) is 16.2. The van der Waals surface area contributed by atoms with Gasteiger partial charge in [-0.3, -0.25) is 4.68 Å². The highest BCUT2D eigenvalue weighted by molar-refractivity contribution is 7.89. The van der Waals surface area contributed by atoms with Crippen molar-refractivity contribution in [2.45, 2.75) is 38.5 Å². The first-order valence-electron chi connectivity index (χ1n) is 11.5. The molecule has 1 aromatic carbocycles. The molecule has 184 valence electrons. The summed E-state index contributed by atoms with van der Waals surface area (Å²) in [4.78, 5) is 8.18. The second-order valence-electron chi connectivity index (χ2n) is 8.81. The molecule has 4 rings (SSSR count). The molecule has 1 aliphatic rings. The van der Waals surface area contributed by atoms with Gasteiger partial charge in [-0.1, -0.05) is 39.4 Å². The van der Waals surface area contributed by atoms with Gasteiger partial charge in [0.1, 0.15) is 17.1 Å². The van der Waals surface area contributed by atoms with Crippen LogP contribution in [-0.2, 0) is 28.2 Å². The third-order valence-corrected chi connectivity index (χ3v) is 7.83. The van der Waals surface area contributed by atoms with Crippen LogP contribution in [0.5, 0.6) is 5.75 Å². The zero-order chi connectivity index (χ0) is 24.5. The highest BCUT2D eigenvalue weighted by atomic mass is 32.2. The lowest BCUT2D eigenvalue weighted by Gasteiger charge is -2.26. The number of aromatic nitrogens is 4. The highest BCUT2D eigenvalue weighted by Crippen LogP contribution is 2.33. The maximum Gasteiger partial charge on any atom is 0.243 e. The van der Waals surface area contributed by atoms with Crippen LogP contribution in [0.1, 0.15) is 32.9 Å². The summed E-state index contributed by atoms with van der Waals surface area (Å²) in [6.45, 7) is 8.11. The van der Waals surface area contributed by atoms with Gasteiger partial charge in [0.15, 0.2) is 4.64 Å². The number of morpholine rings is 1. The summed E-state index contributed by atoms with van der Waals surface area (Å²) in [7, 11) is -1.85. The van der Waals surface area contributed by atoms with Crippen molar-refractivity contribution in [3.8, 4) is 17.1 Å². The lowest BCUT2D eigenvalue weighted by atomic mass is 10.1. The van der Waals surface area contributed by atoms with Crippen LogP contribution in [0.3, 0.4) is 0 Å². The number of nitrogens with zero attached hydrogens (tertiary/aromatic N) is 4. The van der Waals surface area contributed by atoms with E-state index in [2.05, 4.69) is 35.8 Å². The van der Waals surface area contributed by atoms with Crippen LogP contribution in [0.4, 0.5) is 0 Å². The monoisotopic (exact) mass is 505 g/mol. The molecule has 1 saturated heterocycles. The van der Waals surface area contributed by atoms with Crippen molar-refractivity contribution in [1.29, 1.82) is 0 Å². The van der Waals surface area contributed by atoms with Crippen LogP contribution in [0.2, 0.25) is 0 Å². The maximum absolute atomic E-state index is 13.3. The van der Waals surface area contributed by atoms with E-state index in [4.69, 9.17) is 21.7 Å². The van der Waals surface area contributed by atoms with Gasteiger partial charge in [0.25, 0.3) is 0 Å². The molecule has 0 bridgehead atoms. The zero-order valence-electron chi connectivity index (χ0n) is 20.0. The lowest BCUT2D eigenvalue weighted by Crippen LogP contribution is -2.40. The van der Waals surface area contributed by atoms with E-state index in [0.29, 0.717) is 60.6 Å². The summed E-state index contributed by atoms with van der Waals surface area (Å²) in [5.74, 6) is 1.31. The summed E-state index contributed by atoms with van der Waals surface area (Å²) in [5.41, 5.74) is 3.02. The Labute approximate surface area is 205 Å². The Kier molecular flexibility index (Phi) is 7.36. The standard InChI is InChI=1S/C23H31N5O4S2/c1-5-6-18-20-21(27(4)26-18)23(33)25-22(24-20)17-13-16(7-8-19(17)32-14-15(2)3)34(29,30)28-9-11-31-12-10-28/h7-8,13,15H,5-6,9-12,14H2,1-4H3,(H,24,25,33). The average Bonchev–Trinajstić information content (AvgIpc) is 3.13. The van der Waals surface area contributed by atoms with E-state index in [1.807, 2.05) is 7.05 Å². The number of aromatic amines is 1. The summed E-state index contributed by atoms with van der Waals surface area (Å²) in [6, 6.07) is 4.91. The minimum atomic E-state index is -3.69. The number of nitrogens with one attached hydrogen (secondary N) is 1. The van der Waals surface area contributed by atoms with E-state index >= 15 is 0 Å². The average molecular weight is 506 g/mol. The molecule has 34 heavy (non-hydrogen) atoms. The van der Waals surface area contributed by atoms with Crippen molar-refractivity contribution in [3.05, 3.63) is 28.5 Å². The largest absolute Gasteiger partial charge is 0.493 e. The Bertz CT molecular complexity index is 1340. The Hall–Kier alpha value is -2.34. The second-order valence-corrected chi connectivity index (χ2v) is 11.1. The van der Waals surface area contributed by atoms with E-state index < -0.39 is 10.0 Å². The second kappa shape index (κ2) is 10.1. The fourth-order valence-corrected chi connectivity index (χ4v) is 5.73. The van der Waals surface area contributed by atoms with E-state index in [1.165, 1.54) is 4.31 Å². The van der Waals surface area contributed by atoms with Gasteiger partial charge in [0.2, 0.25) is 10.0 Å². The topological polar surface area (TPSA) is 102 Å². The Morgan fingerprint density at radius 2 is 2.00 bits per heavy atom.